The van der Waals surface area contributed by atoms with E-state index < -0.39 is 10.1 Å². The second-order valence-corrected chi connectivity index (χ2v) is 11.1. The zero-order valence-electron chi connectivity index (χ0n) is 21.4. The first kappa shape index (κ1) is 27.9. The van der Waals surface area contributed by atoms with Crippen LogP contribution in [0.3, 0.4) is 0 Å². The van der Waals surface area contributed by atoms with Gasteiger partial charge in [0.2, 0.25) is 0 Å². The first-order chi connectivity index (χ1) is 18.2. The molecular weight excluding hydrogens is 528 g/mol. The third kappa shape index (κ3) is 6.47. The van der Waals surface area contributed by atoms with Crippen molar-refractivity contribution in [3.63, 3.8) is 0 Å². The van der Waals surface area contributed by atoms with Gasteiger partial charge in [0.25, 0.3) is 16.0 Å². The lowest BCUT2D eigenvalue weighted by Gasteiger charge is -2.25. The predicted molar refractivity (Wildman–Crippen MR) is 147 cm³/mol. The van der Waals surface area contributed by atoms with Crippen molar-refractivity contribution in [1.29, 1.82) is 0 Å². The number of hydrogen-bond acceptors (Lipinski definition) is 7. The molecule has 0 aliphatic carbocycles. The molecule has 38 heavy (non-hydrogen) atoms. The van der Waals surface area contributed by atoms with Crippen LogP contribution in [0.2, 0.25) is 5.02 Å². The van der Waals surface area contributed by atoms with Gasteiger partial charge in [-0.25, -0.2) is 0 Å². The molecule has 0 fully saturated rings. The molecule has 0 bridgehead atoms. The molecule has 1 amide bonds. The van der Waals surface area contributed by atoms with Gasteiger partial charge in [0.1, 0.15) is 5.75 Å². The molecule has 0 spiro atoms. The molecule has 1 aliphatic heterocycles. The minimum atomic E-state index is -3.83. The topological polar surface area (TPSA) is 108 Å². The van der Waals surface area contributed by atoms with Crippen molar-refractivity contribution in [3.05, 3.63) is 82.4 Å². The molecular formula is C28H31ClN2O6S. The van der Waals surface area contributed by atoms with Crippen molar-refractivity contribution >= 4 is 39.0 Å². The molecule has 4 rings (SSSR count). The fraction of sp³-hybridized carbons (Fsp3) is 0.321. The van der Waals surface area contributed by atoms with E-state index in [2.05, 4.69) is 0 Å². The fourth-order valence-electron chi connectivity index (χ4n) is 4.38. The van der Waals surface area contributed by atoms with E-state index in [9.17, 15) is 13.2 Å². The van der Waals surface area contributed by atoms with E-state index in [1.54, 1.807) is 41.3 Å². The Balaban J connectivity index is 1.44. The summed E-state index contributed by atoms with van der Waals surface area (Å²) in [6.07, 6.45) is 1.42. The minimum absolute atomic E-state index is 0.00707. The van der Waals surface area contributed by atoms with Crippen LogP contribution in [0.15, 0.2) is 65.6 Å². The average Bonchev–Trinajstić information content (AvgIpc) is 3.07. The number of amides is 1. The molecule has 1 atom stereocenters. The highest BCUT2D eigenvalue weighted by atomic mass is 35.5. The standard InChI is InChI=1S/C28H31ClN2O6S/c1-19-6-10-22(11-7-19)38(33,34)37-16-4-15-36-26-5-3-14-31(25-13-8-20(29)17-24(25)26)28(32)23-12-9-21(30)18-27(23)35-2/h6-13,17-18,26H,3-5,14-16,30H2,1-2H3. The number of anilines is 2. The summed E-state index contributed by atoms with van der Waals surface area (Å²) < 4.78 is 41.6. The van der Waals surface area contributed by atoms with E-state index in [4.69, 9.17) is 31.0 Å². The number of carbonyl (C=O) groups excluding carboxylic acids is 1. The van der Waals surface area contributed by atoms with Crippen molar-refractivity contribution in [3.8, 4) is 5.75 Å². The van der Waals surface area contributed by atoms with Crippen LogP contribution in [0.5, 0.6) is 5.75 Å². The SMILES string of the molecule is COc1cc(N)ccc1C(=O)N1CCCC(OCCCOS(=O)(=O)c2ccc(C)cc2)c2cc(Cl)ccc21. The van der Waals surface area contributed by atoms with E-state index in [1.807, 2.05) is 19.1 Å². The molecule has 0 radical (unpaired) electrons. The molecule has 10 heteroatoms. The first-order valence-corrected chi connectivity index (χ1v) is 14.1. The number of ether oxygens (including phenoxy) is 2. The van der Waals surface area contributed by atoms with Crippen LogP contribution in [-0.2, 0) is 19.0 Å². The normalized spacial score (nSPS) is 15.6. The third-order valence-corrected chi connectivity index (χ3v) is 7.89. The molecule has 1 heterocycles. The summed E-state index contributed by atoms with van der Waals surface area (Å²) in [5, 5.41) is 0.532. The first-order valence-electron chi connectivity index (χ1n) is 12.3. The lowest BCUT2D eigenvalue weighted by atomic mass is 10.0. The van der Waals surface area contributed by atoms with Crippen LogP contribution in [0.1, 0.15) is 46.9 Å². The van der Waals surface area contributed by atoms with E-state index in [0.29, 0.717) is 53.5 Å². The van der Waals surface area contributed by atoms with Crippen LogP contribution in [-0.4, -0.2) is 41.2 Å². The van der Waals surface area contributed by atoms with Gasteiger partial charge in [0, 0.05) is 41.2 Å². The Hall–Kier alpha value is -3.11. The highest BCUT2D eigenvalue weighted by Crippen LogP contribution is 2.38. The summed E-state index contributed by atoms with van der Waals surface area (Å²) in [7, 11) is -2.33. The molecule has 3 aromatic carbocycles. The summed E-state index contributed by atoms with van der Waals surface area (Å²) in [6.45, 7) is 2.64. The Kier molecular flexibility index (Phi) is 8.94. The minimum Gasteiger partial charge on any atom is -0.496 e. The number of carbonyl (C=O) groups is 1. The van der Waals surface area contributed by atoms with Crippen LogP contribution in [0.25, 0.3) is 0 Å². The number of fused-ring (bicyclic) bond motifs is 1. The molecule has 8 nitrogen and oxygen atoms in total. The van der Waals surface area contributed by atoms with Crippen LogP contribution < -0.4 is 15.4 Å². The summed E-state index contributed by atoms with van der Waals surface area (Å²) in [6, 6.07) is 16.8. The number of hydrogen-bond donors (Lipinski definition) is 1. The van der Waals surface area contributed by atoms with Crippen molar-refractivity contribution in [2.24, 2.45) is 0 Å². The Labute approximate surface area is 228 Å². The summed E-state index contributed by atoms with van der Waals surface area (Å²) in [4.78, 5) is 15.4. The van der Waals surface area contributed by atoms with Crippen LogP contribution in [0.4, 0.5) is 11.4 Å². The zero-order chi connectivity index (χ0) is 27.3. The van der Waals surface area contributed by atoms with E-state index >= 15 is 0 Å². The zero-order valence-corrected chi connectivity index (χ0v) is 22.9. The quantitative estimate of drug-likeness (QED) is 0.209. The second-order valence-electron chi connectivity index (χ2n) is 9.06. The molecule has 0 saturated carbocycles. The number of methoxy groups -OCH3 is 1. The lowest BCUT2D eigenvalue weighted by Crippen LogP contribution is -2.32. The summed E-state index contributed by atoms with van der Waals surface area (Å²) in [5.41, 5.74) is 9.25. The van der Waals surface area contributed by atoms with Gasteiger partial charge in [-0.15, -0.1) is 0 Å². The predicted octanol–water partition coefficient (Wildman–Crippen LogP) is 5.53. The number of nitrogens with two attached hydrogens (primary N) is 1. The number of nitrogens with zero attached hydrogens (tertiary/aromatic N) is 1. The van der Waals surface area contributed by atoms with E-state index in [-0.39, 0.29) is 30.1 Å². The van der Waals surface area contributed by atoms with E-state index in [1.165, 1.54) is 19.2 Å². The van der Waals surface area contributed by atoms with Gasteiger partial charge in [0.15, 0.2) is 0 Å². The molecule has 202 valence electrons. The fourth-order valence-corrected chi connectivity index (χ4v) is 5.50. The monoisotopic (exact) mass is 558 g/mol. The largest absolute Gasteiger partial charge is 0.496 e. The van der Waals surface area contributed by atoms with E-state index in [0.717, 1.165) is 11.1 Å². The van der Waals surface area contributed by atoms with Crippen LogP contribution in [0, 0.1) is 6.92 Å². The van der Waals surface area contributed by atoms with Crippen LogP contribution >= 0.6 is 11.6 Å². The molecule has 0 aromatic heterocycles. The van der Waals surface area contributed by atoms with Gasteiger partial charge in [-0.1, -0.05) is 29.3 Å². The number of halogens is 1. The number of benzene rings is 3. The third-order valence-electron chi connectivity index (χ3n) is 6.33. The Morgan fingerprint density at radius 3 is 2.58 bits per heavy atom. The number of aryl methyl sites for hydroxylation is 1. The van der Waals surface area contributed by atoms with Crippen molar-refractivity contribution in [1.82, 2.24) is 0 Å². The van der Waals surface area contributed by atoms with Gasteiger partial charge in [0.05, 0.1) is 30.3 Å². The number of nitrogen functional groups attached to an aromatic ring is 1. The van der Waals surface area contributed by atoms with Gasteiger partial charge in [-0.2, -0.15) is 8.42 Å². The highest BCUT2D eigenvalue weighted by Gasteiger charge is 2.29. The molecule has 2 N–H and O–H groups in total. The number of rotatable bonds is 9. The maximum atomic E-state index is 13.6. The van der Waals surface area contributed by atoms with Gasteiger partial charge in [-0.05, 0) is 68.7 Å². The maximum absolute atomic E-state index is 13.6. The van der Waals surface area contributed by atoms with Crippen molar-refractivity contribution in [2.75, 3.05) is 37.5 Å². The Bertz CT molecular complexity index is 1390. The highest BCUT2D eigenvalue weighted by molar-refractivity contribution is 7.86. The lowest BCUT2D eigenvalue weighted by molar-refractivity contribution is 0.0404. The molecule has 1 unspecified atom stereocenters. The Morgan fingerprint density at radius 1 is 1.08 bits per heavy atom. The smallest absolute Gasteiger partial charge is 0.296 e. The average molecular weight is 559 g/mol. The summed E-state index contributed by atoms with van der Waals surface area (Å²) >= 11 is 6.33. The van der Waals surface area contributed by atoms with Crippen molar-refractivity contribution in [2.45, 2.75) is 37.2 Å². The van der Waals surface area contributed by atoms with Crippen molar-refractivity contribution < 1.29 is 26.9 Å². The van der Waals surface area contributed by atoms with Gasteiger partial charge in [-0.3, -0.25) is 8.98 Å². The van der Waals surface area contributed by atoms with Gasteiger partial charge >= 0.3 is 0 Å². The molecule has 0 saturated heterocycles. The summed E-state index contributed by atoms with van der Waals surface area (Å²) in [5.74, 6) is 0.198. The molecule has 3 aromatic rings. The molecule has 1 aliphatic rings. The van der Waals surface area contributed by atoms with Gasteiger partial charge < -0.3 is 20.1 Å². The maximum Gasteiger partial charge on any atom is 0.296 e. The Morgan fingerprint density at radius 2 is 1.84 bits per heavy atom. The second kappa shape index (κ2) is 12.2.